The highest BCUT2D eigenvalue weighted by atomic mass is 15.5. The molecule has 10 nitrogen and oxygen atoms in total. The van der Waals surface area contributed by atoms with Crippen molar-refractivity contribution < 1.29 is 0 Å². The maximum Gasteiger partial charge on any atom is 0.224 e. The SMILES string of the molecule is Nc1nc(NCc2nn[nH]n2)c2[nH]cnc2n1. The first-order valence-electron chi connectivity index (χ1n) is 4.76. The second kappa shape index (κ2) is 3.66. The van der Waals surface area contributed by atoms with Crippen LogP contribution < -0.4 is 11.1 Å². The number of nitrogen functional groups attached to an aromatic ring is 1. The van der Waals surface area contributed by atoms with Crippen molar-refractivity contribution in [3.8, 4) is 0 Å². The van der Waals surface area contributed by atoms with Gasteiger partial charge < -0.3 is 16.0 Å². The van der Waals surface area contributed by atoms with Gasteiger partial charge in [-0.3, -0.25) is 0 Å². The molecule has 0 saturated heterocycles. The van der Waals surface area contributed by atoms with Gasteiger partial charge in [0.2, 0.25) is 5.95 Å². The zero-order chi connectivity index (χ0) is 11.7. The maximum absolute atomic E-state index is 5.57. The van der Waals surface area contributed by atoms with Crippen molar-refractivity contribution in [1.29, 1.82) is 0 Å². The van der Waals surface area contributed by atoms with Gasteiger partial charge >= 0.3 is 0 Å². The summed E-state index contributed by atoms with van der Waals surface area (Å²) in [5, 5.41) is 16.5. The van der Waals surface area contributed by atoms with Crippen LogP contribution in [0.4, 0.5) is 11.8 Å². The number of aromatic amines is 2. The molecule has 3 aromatic heterocycles. The molecule has 0 amide bonds. The largest absolute Gasteiger partial charge is 0.368 e. The van der Waals surface area contributed by atoms with Crippen molar-refractivity contribution >= 4 is 22.9 Å². The Kier molecular flexibility index (Phi) is 2.03. The van der Waals surface area contributed by atoms with Gasteiger partial charge in [-0.1, -0.05) is 5.21 Å². The van der Waals surface area contributed by atoms with Crippen molar-refractivity contribution in [2.75, 3.05) is 11.1 Å². The van der Waals surface area contributed by atoms with E-state index in [-0.39, 0.29) is 5.95 Å². The summed E-state index contributed by atoms with van der Waals surface area (Å²) in [5.74, 6) is 1.23. The van der Waals surface area contributed by atoms with E-state index in [1.165, 1.54) is 6.33 Å². The van der Waals surface area contributed by atoms with E-state index in [0.29, 0.717) is 29.4 Å². The van der Waals surface area contributed by atoms with Crippen LogP contribution in [0.5, 0.6) is 0 Å². The number of hydrogen-bond acceptors (Lipinski definition) is 8. The fourth-order valence-electron chi connectivity index (χ4n) is 1.40. The minimum absolute atomic E-state index is 0.153. The van der Waals surface area contributed by atoms with E-state index in [4.69, 9.17) is 5.73 Å². The lowest BCUT2D eigenvalue weighted by molar-refractivity contribution is 0.881. The normalized spacial score (nSPS) is 10.8. The minimum Gasteiger partial charge on any atom is -0.368 e. The van der Waals surface area contributed by atoms with Crippen molar-refractivity contribution in [2.45, 2.75) is 6.54 Å². The molecule has 3 heterocycles. The average Bonchev–Trinajstić information content (AvgIpc) is 2.95. The van der Waals surface area contributed by atoms with Crippen LogP contribution in [-0.2, 0) is 6.54 Å². The third-order valence-electron chi connectivity index (χ3n) is 2.11. The van der Waals surface area contributed by atoms with E-state index >= 15 is 0 Å². The number of tetrazole rings is 1. The lowest BCUT2D eigenvalue weighted by Gasteiger charge is -2.03. The van der Waals surface area contributed by atoms with Gasteiger partial charge in [-0.15, -0.1) is 10.2 Å². The average molecular weight is 232 g/mol. The van der Waals surface area contributed by atoms with E-state index in [9.17, 15) is 0 Å². The fourth-order valence-corrected chi connectivity index (χ4v) is 1.40. The van der Waals surface area contributed by atoms with Gasteiger partial charge in [0.1, 0.15) is 5.52 Å². The molecule has 0 aliphatic heterocycles. The van der Waals surface area contributed by atoms with Crippen LogP contribution >= 0.6 is 0 Å². The van der Waals surface area contributed by atoms with Crippen molar-refractivity contribution in [3.63, 3.8) is 0 Å². The molecule has 17 heavy (non-hydrogen) atoms. The van der Waals surface area contributed by atoms with Gasteiger partial charge in [0.05, 0.1) is 12.9 Å². The lowest BCUT2D eigenvalue weighted by atomic mass is 10.4. The highest BCUT2D eigenvalue weighted by molar-refractivity contribution is 5.83. The summed E-state index contributed by atoms with van der Waals surface area (Å²) >= 11 is 0. The Bertz CT molecular complexity index is 625. The van der Waals surface area contributed by atoms with Crippen molar-refractivity contribution in [1.82, 2.24) is 40.6 Å². The number of nitrogens with two attached hydrogens (primary N) is 1. The van der Waals surface area contributed by atoms with E-state index < -0.39 is 0 Å². The number of nitrogens with one attached hydrogen (secondary N) is 3. The fraction of sp³-hybridized carbons (Fsp3) is 0.143. The van der Waals surface area contributed by atoms with E-state index in [1.54, 1.807) is 0 Å². The van der Waals surface area contributed by atoms with Gasteiger partial charge in [-0.25, -0.2) is 4.98 Å². The number of fused-ring (bicyclic) bond motifs is 1. The maximum atomic E-state index is 5.57. The van der Waals surface area contributed by atoms with Gasteiger partial charge in [-0.2, -0.15) is 15.2 Å². The smallest absolute Gasteiger partial charge is 0.224 e. The molecule has 0 fully saturated rings. The monoisotopic (exact) mass is 232 g/mol. The molecule has 0 aliphatic rings. The van der Waals surface area contributed by atoms with Crippen LogP contribution in [0, 0.1) is 0 Å². The predicted octanol–water partition coefficient (Wildman–Crippen LogP) is -0.940. The molecule has 3 rings (SSSR count). The van der Waals surface area contributed by atoms with Crippen LogP contribution in [0.15, 0.2) is 6.33 Å². The first-order chi connectivity index (χ1) is 8.33. The summed E-state index contributed by atoms with van der Waals surface area (Å²) in [6.07, 6.45) is 1.53. The highest BCUT2D eigenvalue weighted by Gasteiger charge is 2.08. The van der Waals surface area contributed by atoms with E-state index in [2.05, 4.69) is 45.9 Å². The number of H-pyrrole nitrogens is 2. The number of rotatable bonds is 3. The highest BCUT2D eigenvalue weighted by Crippen LogP contribution is 2.17. The summed E-state index contributed by atoms with van der Waals surface area (Å²) in [5.41, 5.74) is 6.76. The Morgan fingerprint density at radius 2 is 2.29 bits per heavy atom. The summed E-state index contributed by atoms with van der Waals surface area (Å²) < 4.78 is 0. The zero-order valence-corrected chi connectivity index (χ0v) is 8.55. The second-order valence-electron chi connectivity index (χ2n) is 3.21. The van der Waals surface area contributed by atoms with Crippen LogP contribution in [0.25, 0.3) is 11.2 Å². The molecule has 10 heteroatoms. The molecule has 0 radical (unpaired) electrons. The second-order valence-corrected chi connectivity index (χ2v) is 3.21. The Morgan fingerprint density at radius 3 is 3.12 bits per heavy atom. The van der Waals surface area contributed by atoms with Crippen LogP contribution in [0.2, 0.25) is 0 Å². The minimum atomic E-state index is 0.153. The zero-order valence-electron chi connectivity index (χ0n) is 8.55. The first-order valence-corrected chi connectivity index (χ1v) is 4.76. The van der Waals surface area contributed by atoms with Gasteiger partial charge in [-0.05, 0) is 0 Å². The van der Waals surface area contributed by atoms with Crippen molar-refractivity contribution in [3.05, 3.63) is 12.2 Å². The van der Waals surface area contributed by atoms with Crippen LogP contribution in [-0.4, -0.2) is 40.6 Å². The number of nitrogens with zero attached hydrogens (tertiary/aromatic N) is 6. The Balaban J connectivity index is 1.91. The van der Waals surface area contributed by atoms with Gasteiger partial charge in [0.15, 0.2) is 17.3 Å². The third-order valence-corrected chi connectivity index (χ3v) is 2.11. The Hall–Kier alpha value is -2.78. The molecule has 0 atom stereocenters. The molecule has 0 bridgehead atoms. The topological polar surface area (TPSA) is 147 Å². The van der Waals surface area contributed by atoms with E-state index in [1.807, 2.05) is 0 Å². The summed E-state index contributed by atoms with van der Waals surface area (Å²) in [6.45, 7) is 0.376. The van der Waals surface area contributed by atoms with Crippen LogP contribution in [0.1, 0.15) is 5.82 Å². The lowest BCUT2D eigenvalue weighted by Crippen LogP contribution is -2.06. The molecule has 3 aromatic rings. The molecule has 5 N–H and O–H groups in total. The number of hydrogen-bond donors (Lipinski definition) is 4. The van der Waals surface area contributed by atoms with E-state index in [0.717, 1.165) is 0 Å². The quantitative estimate of drug-likeness (QED) is 0.452. The van der Waals surface area contributed by atoms with Crippen LogP contribution in [0.3, 0.4) is 0 Å². The Labute approximate surface area is 94.1 Å². The molecule has 0 unspecified atom stereocenters. The third kappa shape index (κ3) is 1.71. The number of aromatic nitrogens is 8. The molecule has 86 valence electrons. The molecular weight excluding hydrogens is 224 g/mol. The summed E-state index contributed by atoms with van der Waals surface area (Å²) in [6, 6.07) is 0. The van der Waals surface area contributed by atoms with Gasteiger partial charge in [0, 0.05) is 0 Å². The van der Waals surface area contributed by atoms with Crippen molar-refractivity contribution in [2.24, 2.45) is 0 Å². The molecule has 0 spiro atoms. The molecular formula is C7H8N10. The summed E-state index contributed by atoms with van der Waals surface area (Å²) in [4.78, 5) is 15.0. The standard InChI is InChI=1S/C7H8N10/c8-7-12-5(4-6(13-7)11-2-10-4)9-1-3-14-16-17-15-3/h2H,1H2,(H,14,15,16,17)(H4,8,9,10,11,12,13). The first kappa shape index (κ1) is 9.45. The number of anilines is 2. The summed E-state index contributed by atoms with van der Waals surface area (Å²) in [7, 11) is 0. The predicted molar refractivity (Wildman–Crippen MR) is 57.6 cm³/mol. The van der Waals surface area contributed by atoms with Gasteiger partial charge in [0.25, 0.3) is 0 Å². The molecule has 0 saturated carbocycles. The molecule has 0 aromatic carbocycles. The number of imidazole rings is 1. The molecule has 0 aliphatic carbocycles. The Morgan fingerprint density at radius 1 is 1.35 bits per heavy atom.